The maximum Gasteiger partial charge on any atom is 0.274 e. The summed E-state index contributed by atoms with van der Waals surface area (Å²) in [5, 5.41) is 12.7. The van der Waals surface area contributed by atoms with Crippen LogP contribution in [-0.2, 0) is 6.54 Å². The number of nitrogens with zero attached hydrogens (tertiary/aromatic N) is 3. The second kappa shape index (κ2) is 5.06. The number of nitro benzene ring substituents is 1. The Morgan fingerprint density at radius 3 is 2.95 bits per heavy atom. The Morgan fingerprint density at radius 1 is 1.38 bits per heavy atom. The lowest BCUT2D eigenvalue weighted by Gasteiger charge is -2.06. The standard InChI is InChI=1S/C13H8FN3O3S/c14-9-1-2-11(17(19)20)8(5-9)6-16-7-15-10-3-4-21-12(10)13(16)18/h1-5,7H,6H2. The Labute approximate surface area is 121 Å². The van der Waals surface area contributed by atoms with E-state index in [1.54, 1.807) is 11.4 Å². The summed E-state index contributed by atoms with van der Waals surface area (Å²) in [6, 6.07) is 4.89. The van der Waals surface area contributed by atoms with Gasteiger partial charge in [0.05, 0.1) is 28.9 Å². The second-order valence-corrected chi connectivity index (χ2v) is 5.26. The van der Waals surface area contributed by atoms with Crippen LogP contribution in [0.15, 0.2) is 40.8 Å². The molecule has 3 rings (SSSR count). The van der Waals surface area contributed by atoms with Crippen molar-refractivity contribution in [3.05, 3.63) is 67.8 Å². The van der Waals surface area contributed by atoms with Crippen LogP contribution in [0.2, 0.25) is 0 Å². The van der Waals surface area contributed by atoms with Crippen LogP contribution in [0, 0.1) is 15.9 Å². The molecule has 0 unspecified atom stereocenters. The van der Waals surface area contributed by atoms with Gasteiger partial charge in [-0.2, -0.15) is 0 Å². The molecule has 0 aliphatic heterocycles. The Morgan fingerprint density at radius 2 is 2.19 bits per heavy atom. The number of halogens is 1. The number of aromatic nitrogens is 2. The minimum absolute atomic E-state index is 0.103. The Hall–Kier alpha value is -2.61. The molecule has 0 fully saturated rings. The van der Waals surface area contributed by atoms with Gasteiger partial charge in [0.2, 0.25) is 0 Å². The number of nitro groups is 1. The van der Waals surface area contributed by atoms with Crippen molar-refractivity contribution in [1.29, 1.82) is 0 Å². The van der Waals surface area contributed by atoms with Crippen LogP contribution < -0.4 is 5.56 Å². The molecule has 0 spiro atoms. The Kier molecular flexibility index (Phi) is 3.22. The highest BCUT2D eigenvalue weighted by molar-refractivity contribution is 7.17. The quantitative estimate of drug-likeness (QED) is 0.550. The van der Waals surface area contributed by atoms with E-state index >= 15 is 0 Å². The molecule has 2 aromatic heterocycles. The van der Waals surface area contributed by atoms with E-state index in [2.05, 4.69) is 4.98 Å². The monoisotopic (exact) mass is 305 g/mol. The zero-order valence-electron chi connectivity index (χ0n) is 10.5. The van der Waals surface area contributed by atoms with Gasteiger partial charge in [-0.15, -0.1) is 11.3 Å². The summed E-state index contributed by atoms with van der Waals surface area (Å²) in [5.74, 6) is -0.589. The number of hydrogen-bond donors (Lipinski definition) is 0. The fourth-order valence-electron chi connectivity index (χ4n) is 2.03. The van der Waals surface area contributed by atoms with Crippen molar-refractivity contribution in [2.75, 3.05) is 0 Å². The molecule has 3 aromatic rings. The highest BCUT2D eigenvalue weighted by atomic mass is 32.1. The van der Waals surface area contributed by atoms with E-state index in [4.69, 9.17) is 0 Å². The van der Waals surface area contributed by atoms with Gasteiger partial charge in [-0.25, -0.2) is 9.37 Å². The lowest BCUT2D eigenvalue weighted by atomic mass is 10.1. The van der Waals surface area contributed by atoms with E-state index in [0.717, 1.165) is 18.2 Å². The van der Waals surface area contributed by atoms with Crippen LogP contribution in [0.5, 0.6) is 0 Å². The first-order chi connectivity index (χ1) is 10.1. The minimum atomic E-state index is -0.600. The number of rotatable bonds is 3. The van der Waals surface area contributed by atoms with Crippen molar-refractivity contribution < 1.29 is 9.31 Å². The maximum absolute atomic E-state index is 13.3. The third-order valence-electron chi connectivity index (χ3n) is 3.01. The molecule has 0 saturated carbocycles. The number of hydrogen-bond acceptors (Lipinski definition) is 5. The average molecular weight is 305 g/mol. The summed E-state index contributed by atoms with van der Waals surface area (Å²) < 4.78 is 15.0. The van der Waals surface area contributed by atoms with Crippen molar-refractivity contribution in [3.63, 3.8) is 0 Å². The van der Waals surface area contributed by atoms with Crippen LogP contribution >= 0.6 is 11.3 Å². The molecule has 6 nitrogen and oxygen atoms in total. The molecule has 106 valence electrons. The Bertz CT molecular complexity index is 903. The molecule has 0 atom stereocenters. The molecule has 0 amide bonds. The molecule has 0 N–H and O–H groups in total. The molecule has 0 aliphatic rings. The fourth-order valence-corrected chi connectivity index (χ4v) is 2.83. The SMILES string of the molecule is O=c1c2sccc2ncn1Cc1cc(F)ccc1[N+](=O)[O-]. The first kappa shape index (κ1) is 13.4. The van der Waals surface area contributed by atoms with Gasteiger partial charge in [0.15, 0.2) is 0 Å². The predicted molar refractivity (Wildman–Crippen MR) is 76.0 cm³/mol. The molecule has 2 heterocycles. The number of benzene rings is 1. The molecule has 1 aromatic carbocycles. The van der Waals surface area contributed by atoms with E-state index in [1.165, 1.54) is 22.2 Å². The first-order valence-electron chi connectivity index (χ1n) is 5.92. The third-order valence-corrected chi connectivity index (χ3v) is 3.91. The van der Waals surface area contributed by atoms with Crippen molar-refractivity contribution >= 4 is 27.2 Å². The van der Waals surface area contributed by atoms with Crippen molar-refractivity contribution in [2.45, 2.75) is 6.54 Å². The van der Waals surface area contributed by atoms with Crippen LogP contribution in [0.25, 0.3) is 10.2 Å². The second-order valence-electron chi connectivity index (χ2n) is 4.34. The molecule has 0 aliphatic carbocycles. The molecule has 8 heteroatoms. The molecule has 21 heavy (non-hydrogen) atoms. The summed E-state index contributed by atoms with van der Waals surface area (Å²) in [6.45, 7) is -0.103. The van der Waals surface area contributed by atoms with E-state index in [9.17, 15) is 19.3 Å². The van der Waals surface area contributed by atoms with Gasteiger partial charge in [0.1, 0.15) is 10.5 Å². The highest BCUT2D eigenvalue weighted by Crippen LogP contribution is 2.21. The van der Waals surface area contributed by atoms with Crippen molar-refractivity contribution in [3.8, 4) is 0 Å². The molecular weight excluding hydrogens is 297 g/mol. The van der Waals surface area contributed by atoms with Crippen LogP contribution in [0.4, 0.5) is 10.1 Å². The topological polar surface area (TPSA) is 78.0 Å². The van der Waals surface area contributed by atoms with Crippen LogP contribution in [0.1, 0.15) is 5.56 Å². The van der Waals surface area contributed by atoms with Gasteiger partial charge in [-0.3, -0.25) is 19.5 Å². The number of fused-ring (bicyclic) bond motifs is 1. The fraction of sp³-hybridized carbons (Fsp3) is 0.0769. The zero-order valence-corrected chi connectivity index (χ0v) is 11.3. The summed E-state index contributed by atoms with van der Waals surface area (Å²) >= 11 is 1.25. The van der Waals surface area contributed by atoms with E-state index in [1.807, 2.05) is 0 Å². The van der Waals surface area contributed by atoms with Crippen molar-refractivity contribution in [1.82, 2.24) is 9.55 Å². The average Bonchev–Trinajstić information content (AvgIpc) is 2.91. The smallest absolute Gasteiger partial charge is 0.274 e. The lowest BCUT2D eigenvalue weighted by molar-refractivity contribution is -0.385. The highest BCUT2D eigenvalue weighted by Gasteiger charge is 2.16. The molecule has 0 saturated heterocycles. The zero-order chi connectivity index (χ0) is 15.0. The van der Waals surface area contributed by atoms with E-state index < -0.39 is 10.7 Å². The summed E-state index contributed by atoms with van der Waals surface area (Å²) in [7, 11) is 0. The Balaban J connectivity index is 2.10. The summed E-state index contributed by atoms with van der Waals surface area (Å²) in [6.07, 6.45) is 1.31. The first-order valence-corrected chi connectivity index (χ1v) is 6.79. The van der Waals surface area contributed by atoms with Gasteiger partial charge in [-0.05, 0) is 23.6 Å². The van der Waals surface area contributed by atoms with E-state index in [0.29, 0.717) is 10.2 Å². The van der Waals surface area contributed by atoms with Gasteiger partial charge in [0.25, 0.3) is 11.2 Å². The van der Waals surface area contributed by atoms with Gasteiger partial charge >= 0.3 is 0 Å². The van der Waals surface area contributed by atoms with Crippen LogP contribution in [0.3, 0.4) is 0 Å². The van der Waals surface area contributed by atoms with Gasteiger partial charge < -0.3 is 0 Å². The van der Waals surface area contributed by atoms with Crippen molar-refractivity contribution in [2.24, 2.45) is 0 Å². The molecule has 0 radical (unpaired) electrons. The minimum Gasteiger partial charge on any atom is -0.293 e. The number of thiophene rings is 1. The molecule has 0 bridgehead atoms. The lowest BCUT2D eigenvalue weighted by Crippen LogP contribution is -2.20. The summed E-state index contributed by atoms with van der Waals surface area (Å²) in [4.78, 5) is 26.7. The largest absolute Gasteiger partial charge is 0.293 e. The normalized spacial score (nSPS) is 10.9. The van der Waals surface area contributed by atoms with Crippen LogP contribution in [-0.4, -0.2) is 14.5 Å². The summed E-state index contributed by atoms with van der Waals surface area (Å²) in [5.41, 5.74) is 0.179. The third kappa shape index (κ3) is 2.40. The van der Waals surface area contributed by atoms with Gasteiger partial charge in [-0.1, -0.05) is 0 Å². The molecular formula is C13H8FN3O3S. The van der Waals surface area contributed by atoms with Gasteiger partial charge in [0, 0.05) is 6.07 Å². The van der Waals surface area contributed by atoms with E-state index in [-0.39, 0.29) is 23.4 Å². The maximum atomic E-state index is 13.3. The predicted octanol–water partition coefficient (Wildman–Crippen LogP) is 2.55.